The van der Waals surface area contributed by atoms with Gasteiger partial charge >= 0.3 is 0 Å². The monoisotopic (exact) mass is 223 g/mol. The Morgan fingerprint density at radius 2 is 2.31 bits per heavy atom. The topological polar surface area (TPSA) is 68.1 Å². The molecule has 5 nitrogen and oxygen atoms in total. The molecule has 0 aliphatic rings. The number of benzene rings is 1. The van der Waals surface area contributed by atoms with Gasteiger partial charge in [0.1, 0.15) is 7.11 Å². The Morgan fingerprint density at radius 3 is 2.88 bits per heavy atom. The van der Waals surface area contributed by atoms with Gasteiger partial charge in [-0.05, 0) is 29.3 Å². The van der Waals surface area contributed by atoms with Crippen molar-refractivity contribution in [3.05, 3.63) is 34.9 Å². The fraction of sp³-hybridized carbons (Fsp3) is 0.273. The summed E-state index contributed by atoms with van der Waals surface area (Å²) < 4.78 is 4.70. The van der Waals surface area contributed by atoms with E-state index < -0.39 is 0 Å². The van der Waals surface area contributed by atoms with E-state index in [0.717, 1.165) is 5.56 Å². The van der Waals surface area contributed by atoms with Crippen LogP contribution in [0, 0.1) is 6.92 Å². The van der Waals surface area contributed by atoms with E-state index in [9.17, 15) is 9.90 Å². The molecule has 0 amide bonds. The number of carbonyl (C=O) groups is 1. The minimum atomic E-state index is -0.160. The van der Waals surface area contributed by atoms with E-state index in [1.165, 1.54) is 7.11 Å². The minimum Gasteiger partial charge on any atom is -0.406 e. The van der Waals surface area contributed by atoms with E-state index in [0.29, 0.717) is 11.1 Å². The van der Waals surface area contributed by atoms with E-state index in [1.54, 1.807) is 12.1 Å². The van der Waals surface area contributed by atoms with Gasteiger partial charge in [0.15, 0.2) is 0 Å². The van der Waals surface area contributed by atoms with Crippen molar-refractivity contribution in [3.63, 3.8) is 0 Å². The van der Waals surface area contributed by atoms with E-state index in [4.69, 9.17) is 4.74 Å². The van der Waals surface area contributed by atoms with Gasteiger partial charge in [0, 0.05) is 5.56 Å². The fourth-order valence-electron chi connectivity index (χ4n) is 1.38. The van der Waals surface area contributed by atoms with Gasteiger partial charge in [0.05, 0.1) is 6.61 Å². The molecule has 0 radical (unpaired) electrons. The Bertz CT molecular complexity index is 401. The van der Waals surface area contributed by atoms with Gasteiger partial charge in [0.25, 0.3) is 12.4 Å². The van der Waals surface area contributed by atoms with Crippen molar-refractivity contribution in [1.29, 1.82) is 0 Å². The molecule has 1 N–H and O–H groups in total. The Balaban J connectivity index is 3.23. The average molecular weight is 223 g/mol. The van der Waals surface area contributed by atoms with Crippen LogP contribution in [0.5, 0.6) is 0 Å². The molecular formula is C11H13NO4. The highest BCUT2D eigenvalue weighted by atomic mass is 16.6. The number of ether oxygens (including phenoxy) is 1. The fourth-order valence-corrected chi connectivity index (χ4v) is 1.38. The molecule has 1 aromatic carbocycles. The highest BCUT2D eigenvalue weighted by Crippen LogP contribution is 2.15. The normalized spacial score (nSPS) is 11.1. The Morgan fingerprint density at radius 1 is 1.56 bits per heavy atom. The van der Waals surface area contributed by atoms with Gasteiger partial charge in [-0.2, -0.15) is 0 Å². The number of hydrogen-bond donors (Lipinski definition) is 1. The minimum absolute atomic E-state index is 0.0326. The smallest absolute Gasteiger partial charge is 0.299 e. The molecular weight excluding hydrogens is 210 g/mol. The quantitative estimate of drug-likeness (QED) is 0.357. The zero-order valence-corrected chi connectivity index (χ0v) is 9.14. The highest BCUT2D eigenvalue weighted by molar-refractivity contribution is 5.98. The molecule has 0 aromatic heterocycles. The van der Waals surface area contributed by atoms with Crippen LogP contribution in [0.15, 0.2) is 23.4 Å². The summed E-state index contributed by atoms with van der Waals surface area (Å²) in [5, 5.41) is 12.8. The van der Waals surface area contributed by atoms with Crippen molar-refractivity contribution in [2.75, 3.05) is 7.11 Å². The van der Waals surface area contributed by atoms with Gasteiger partial charge in [-0.1, -0.05) is 12.1 Å². The first-order valence-electron chi connectivity index (χ1n) is 4.65. The summed E-state index contributed by atoms with van der Waals surface area (Å²) in [5.74, 6) is 0.0326. The van der Waals surface area contributed by atoms with Crippen LogP contribution >= 0.6 is 0 Å². The number of aryl methyl sites for hydroxylation is 1. The van der Waals surface area contributed by atoms with Crippen molar-refractivity contribution >= 4 is 12.4 Å². The number of rotatable bonds is 4. The third-order valence-electron chi connectivity index (χ3n) is 2.13. The molecule has 16 heavy (non-hydrogen) atoms. The van der Waals surface area contributed by atoms with Crippen LogP contribution < -0.4 is 0 Å². The number of aliphatic hydroxyl groups is 1. The number of hydrogen-bond acceptors (Lipinski definition) is 5. The van der Waals surface area contributed by atoms with Crippen molar-refractivity contribution in [3.8, 4) is 0 Å². The predicted molar refractivity (Wildman–Crippen MR) is 57.8 cm³/mol. The molecule has 0 aliphatic heterocycles. The summed E-state index contributed by atoms with van der Waals surface area (Å²) in [6, 6.07) is 5.32. The maximum atomic E-state index is 10.3. The molecule has 0 aliphatic carbocycles. The number of carbonyl (C=O) groups excluding carboxylic acids is 1. The summed E-state index contributed by atoms with van der Waals surface area (Å²) in [6.07, 6.45) is 0. The third-order valence-corrected chi connectivity index (χ3v) is 2.13. The first kappa shape index (κ1) is 12.2. The first-order valence-corrected chi connectivity index (χ1v) is 4.65. The van der Waals surface area contributed by atoms with Crippen molar-refractivity contribution in [2.24, 2.45) is 5.16 Å². The van der Waals surface area contributed by atoms with Crippen LogP contribution in [0.25, 0.3) is 0 Å². The van der Waals surface area contributed by atoms with Crippen LogP contribution in [0.1, 0.15) is 16.7 Å². The lowest BCUT2D eigenvalue weighted by molar-refractivity contribution is -0.121. The van der Waals surface area contributed by atoms with Crippen LogP contribution in [-0.4, -0.2) is 24.6 Å². The van der Waals surface area contributed by atoms with Crippen LogP contribution in [0.2, 0.25) is 0 Å². The van der Waals surface area contributed by atoms with E-state index >= 15 is 0 Å². The van der Waals surface area contributed by atoms with Crippen molar-refractivity contribution in [1.82, 2.24) is 0 Å². The second-order valence-corrected chi connectivity index (χ2v) is 3.05. The zero-order chi connectivity index (χ0) is 12.0. The molecule has 1 rings (SSSR count). The molecule has 0 fully saturated rings. The molecule has 5 heteroatoms. The average Bonchev–Trinajstić information content (AvgIpc) is 2.28. The SMILES string of the molecule is CO/N=C(/OC=O)c1cccc(C)c1CO. The van der Waals surface area contributed by atoms with E-state index in [2.05, 4.69) is 9.99 Å². The Hall–Kier alpha value is -1.88. The first-order chi connectivity index (χ1) is 7.74. The largest absolute Gasteiger partial charge is 0.406 e. The lowest BCUT2D eigenvalue weighted by Crippen LogP contribution is -2.10. The highest BCUT2D eigenvalue weighted by Gasteiger charge is 2.12. The summed E-state index contributed by atoms with van der Waals surface area (Å²) in [5.41, 5.74) is 2.08. The van der Waals surface area contributed by atoms with Gasteiger partial charge in [-0.15, -0.1) is 0 Å². The summed E-state index contributed by atoms with van der Waals surface area (Å²) >= 11 is 0. The molecule has 0 bridgehead atoms. The van der Waals surface area contributed by atoms with Gasteiger partial charge < -0.3 is 14.7 Å². The molecule has 0 unspecified atom stereocenters. The van der Waals surface area contributed by atoms with Crippen molar-refractivity contribution in [2.45, 2.75) is 13.5 Å². The van der Waals surface area contributed by atoms with E-state index in [-0.39, 0.29) is 19.0 Å². The van der Waals surface area contributed by atoms with Crippen LogP contribution in [0.4, 0.5) is 0 Å². The molecule has 1 aromatic rings. The maximum absolute atomic E-state index is 10.3. The van der Waals surface area contributed by atoms with Crippen LogP contribution in [0.3, 0.4) is 0 Å². The molecule has 0 saturated heterocycles. The molecule has 0 atom stereocenters. The Kier molecular flexibility index (Phi) is 4.47. The van der Waals surface area contributed by atoms with E-state index in [1.807, 2.05) is 13.0 Å². The Labute approximate surface area is 93.3 Å². The molecule has 0 heterocycles. The number of aliphatic hydroxyl groups excluding tert-OH is 1. The standard InChI is InChI=1S/C11H13NO4/c1-8-4-3-5-9(10(8)6-13)11(12-15-2)16-7-14/h3-5,7,13H,6H2,1-2H3/b12-11+. The lowest BCUT2D eigenvalue weighted by atomic mass is 10.0. The molecule has 0 saturated carbocycles. The second-order valence-electron chi connectivity index (χ2n) is 3.05. The molecule has 0 spiro atoms. The van der Waals surface area contributed by atoms with Crippen LogP contribution in [-0.2, 0) is 21.0 Å². The maximum Gasteiger partial charge on any atom is 0.299 e. The van der Waals surface area contributed by atoms with Gasteiger partial charge in [-0.25, -0.2) is 0 Å². The molecule has 86 valence electrons. The van der Waals surface area contributed by atoms with Gasteiger partial charge in [-0.3, -0.25) is 4.79 Å². The van der Waals surface area contributed by atoms with Crippen molar-refractivity contribution < 1.29 is 19.5 Å². The third kappa shape index (κ3) is 2.58. The van der Waals surface area contributed by atoms with Gasteiger partial charge in [0.2, 0.25) is 0 Å². The number of oxime groups is 1. The number of nitrogens with zero attached hydrogens (tertiary/aromatic N) is 1. The lowest BCUT2D eigenvalue weighted by Gasteiger charge is -2.10. The zero-order valence-electron chi connectivity index (χ0n) is 9.14. The second kappa shape index (κ2) is 5.87. The summed E-state index contributed by atoms with van der Waals surface area (Å²) in [7, 11) is 1.35. The summed E-state index contributed by atoms with van der Waals surface area (Å²) in [6.45, 7) is 1.95. The summed E-state index contributed by atoms with van der Waals surface area (Å²) in [4.78, 5) is 14.9. The predicted octanol–water partition coefficient (Wildman–Crippen LogP) is 0.968.